The fourth-order valence-corrected chi connectivity index (χ4v) is 8.87. The van der Waals surface area contributed by atoms with E-state index in [4.69, 9.17) is 19.4 Å². The van der Waals surface area contributed by atoms with E-state index < -0.39 is 0 Å². The third-order valence-electron chi connectivity index (χ3n) is 9.82. The lowest BCUT2D eigenvalue weighted by atomic mass is 10.0. The molecule has 0 radical (unpaired) electrons. The molecule has 0 aliphatic carbocycles. The maximum atomic E-state index is 6.86. The van der Waals surface area contributed by atoms with Crippen LogP contribution in [0.4, 0.5) is 0 Å². The average molecular weight is 671 g/mol. The van der Waals surface area contributed by atoms with E-state index >= 15 is 0 Å². The van der Waals surface area contributed by atoms with E-state index in [1.807, 2.05) is 78.1 Å². The lowest BCUT2D eigenvalue weighted by molar-refractivity contribution is 0.671. The van der Waals surface area contributed by atoms with Gasteiger partial charge in [0.25, 0.3) is 0 Å². The summed E-state index contributed by atoms with van der Waals surface area (Å²) in [6.45, 7) is 0. The number of nitrogens with zero attached hydrogens (tertiary/aromatic N) is 4. The van der Waals surface area contributed by atoms with Gasteiger partial charge < -0.3 is 8.98 Å². The van der Waals surface area contributed by atoms with Crippen molar-refractivity contribution in [3.63, 3.8) is 0 Å². The summed E-state index contributed by atoms with van der Waals surface area (Å²) >= 11 is 1.85. The highest BCUT2D eigenvalue weighted by Gasteiger charge is 2.25. The number of hydrogen-bond acceptors (Lipinski definition) is 5. The largest absolute Gasteiger partial charge is 0.454 e. The van der Waals surface area contributed by atoms with Crippen molar-refractivity contribution in [1.82, 2.24) is 19.5 Å². The fourth-order valence-electron chi connectivity index (χ4n) is 7.61. The highest BCUT2D eigenvalue weighted by atomic mass is 32.1. The summed E-state index contributed by atoms with van der Waals surface area (Å²) in [5.41, 5.74) is 7.73. The molecule has 0 saturated heterocycles. The first-order valence-corrected chi connectivity index (χ1v) is 17.8. The van der Waals surface area contributed by atoms with Crippen molar-refractivity contribution >= 4 is 75.3 Å². The molecular weight excluding hydrogens is 645 g/mol. The van der Waals surface area contributed by atoms with Gasteiger partial charge in [-0.3, -0.25) is 0 Å². The number of aromatic nitrogens is 4. The molecule has 7 aromatic carbocycles. The maximum absolute atomic E-state index is 6.86. The molecule has 0 spiro atoms. The van der Waals surface area contributed by atoms with Crippen LogP contribution in [0.5, 0.6) is 0 Å². The summed E-state index contributed by atoms with van der Waals surface area (Å²) in [5, 5.41) is 7.21. The Morgan fingerprint density at radius 3 is 1.80 bits per heavy atom. The van der Waals surface area contributed by atoms with Crippen LogP contribution in [0, 0.1) is 0 Å². The molecule has 0 bridgehead atoms. The number of thiophene rings is 1. The third kappa shape index (κ3) is 4.24. The smallest absolute Gasteiger partial charge is 0.164 e. The molecule has 4 aromatic heterocycles. The maximum Gasteiger partial charge on any atom is 0.164 e. The van der Waals surface area contributed by atoms with Crippen LogP contribution in [0.2, 0.25) is 0 Å². The topological polar surface area (TPSA) is 56.7 Å². The van der Waals surface area contributed by atoms with Gasteiger partial charge in [-0.05, 0) is 30.3 Å². The lowest BCUT2D eigenvalue weighted by Gasteiger charge is -2.12. The quantitative estimate of drug-likeness (QED) is 0.187. The summed E-state index contributed by atoms with van der Waals surface area (Å²) in [6.07, 6.45) is 0. The first kappa shape index (κ1) is 28.2. The summed E-state index contributed by atoms with van der Waals surface area (Å²) in [4.78, 5) is 15.0. The minimum Gasteiger partial charge on any atom is -0.454 e. The normalized spacial score (nSPS) is 11.9. The number of rotatable bonds is 4. The van der Waals surface area contributed by atoms with Crippen molar-refractivity contribution in [3.05, 3.63) is 158 Å². The van der Waals surface area contributed by atoms with E-state index in [0.717, 1.165) is 55.3 Å². The molecule has 0 amide bonds. The van der Waals surface area contributed by atoms with Gasteiger partial charge in [-0.15, -0.1) is 11.3 Å². The fraction of sp³-hybridized carbons (Fsp3) is 0. The molecule has 4 heterocycles. The minimum atomic E-state index is 0.616. The number of hydrogen-bond donors (Lipinski definition) is 0. The number of furan rings is 1. The van der Waals surface area contributed by atoms with Gasteiger partial charge in [0.15, 0.2) is 23.1 Å². The Bertz CT molecular complexity index is 3080. The lowest BCUT2D eigenvalue weighted by Crippen LogP contribution is -2.01. The molecule has 0 saturated carbocycles. The molecule has 0 atom stereocenters. The van der Waals surface area contributed by atoms with E-state index in [-0.39, 0.29) is 0 Å². The van der Waals surface area contributed by atoms with Crippen molar-refractivity contribution in [2.45, 2.75) is 0 Å². The zero-order valence-electron chi connectivity index (χ0n) is 27.1. The Kier molecular flexibility index (Phi) is 6.05. The molecule has 0 aliphatic heterocycles. The second kappa shape index (κ2) is 10.9. The Morgan fingerprint density at radius 1 is 0.471 bits per heavy atom. The van der Waals surface area contributed by atoms with E-state index in [2.05, 4.69) is 95.6 Å². The van der Waals surface area contributed by atoms with Gasteiger partial charge >= 0.3 is 0 Å². The van der Waals surface area contributed by atoms with Gasteiger partial charge in [-0.25, -0.2) is 15.0 Å². The Hall–Kier alpha value is -6.63. The Morgan fingerprint density at radius 2 is 1.06 bits per heavy atom. The SMILES string of the molecule is c1ccc(-c2nc(-c3ccccc3)nc(-c3cccc(-n4c5ccccc5c5c6c7ccccc7sc6c6c7ccccc7oc6c54)c3)n2)cc1. The van der Waals surface area contributed by atoms with Crippen LogP contribution in [0.15, 0.2) is 162 Å². The summed E-state index contributed by atoms with van der Waals surface area (Å²) < 4.78 is 11.7. The van der Waals surface area contributed by atoms with E-state index in [0.29, 0.717) is 17.5 Å². The zero-order valence-corrected chi connectivity index (χ0v) is 27.9. The van der Waals surface area contributed by atoms with Gasteiger partial charge in [0.2, 0.25) is 0 Å². The molecule has 0 aliphatic rings. The number of para-hydroxylation sites is 2. The highest BCUT2D eigenvalue weighted by molar-refractivity contribution is 7.27. The van der Waals surface area contributed by atoms with Crippen LogP contribution in [0.25, 0.3) is 104 Å². The van der Waals surface area contributed by atoms with Crippen molar-refractivity contribution in [3.8, 4) is 39.9 Å². The van der Waals surface area contributed by atoms with Crippen molar-refractivity contribution in [1.29, 1.82) is 0 Å². The van der Waals surface area contributed by atoms with Crippen LogP contribution >= 0.6 is 11.3 Å². The molecule has 0 N–H and O–H groups in total. The summed E-state index contributed by atoms with van der Waals surface area (Å²) in [5.74, 6) is 1.89. The molecule has 6 heteroatoms. The van der Waals surface area contributed by atoms with Gasteiger partial charge in [-0.2, -0.15) is 0 Å². The number of fused-ring (bicyclic) bond motifs is 12. The minimum absolute atomic E-state index is 0.616. The van der Waals surface area contributed by atoms with E-state index in [1.165, 1.54) is 30.9 Å². The molecular formula is C45H26N4OS. The highest BCUT2D eigenvalue weighted by Crippen LogP contribution is 2.50. The molecule has 0 fully saturated rings. The van der Waals surface area contributed by atoms with Crippen molar-refractivity contribution in [2.24, 2.45) is 0 Å². The van der Waals surface area contributed by atoms with Crippen molar-refractivity contribution in [2.75, 3.05) is 0 Å². The van der Waals surface area contributed by atoms with Gasteiger partial charge in [0, 0.05) is 64.1 Å². The second-order valence-corrected chi connectivity index (χ2v) is 13.8. The summed E-state index contributed by atoms with van der Waals surface area (Å²) in [6, 6.07) is 54.6. The predicted molar refractivity (Wildman–Crippen MR) is 211 cm³/mol. The van der Waals surface area contributed by atoms with E-state index in [1.54, 1.807) is 0 Å². The van der Waals surface area contributed by atoms with Gasteiger partial charge in [0.1, 0.15) is 5.58 Å². The molecule has 0 unspecified atom stereocenters. The Labute approximate surface area is 295 Å². The predicted octanol–water partition coefficient (Wildman–Crippen LogP) is 12.2. The second-order valence-electron chi connectivity index (χ2n) is 12.8. The molecule has 11 rings (SSSR count). The standard InChI is InChI=1S/C45H26N4OS/c1-3-14-27(15-4-1)43-46-44(28-16-5-2-6-17-28)48-45(47-43)29-18-13-19-30(26-29)49-34-23-10-7-20-31(34)37-38-33-22-9-12-25-36(33)51-42(38)39-32-21-8-11-24-35(32)50-41(39)40(37)49/h1-26H. The molecule has 51 heavy (non-hydrogen) atoms. The molecule has 11 aromatic rings. The Balaban J connectivity index is 1.24. The monoisotopic (exact) mass is 670 g/mol. The van der Waals surface area contributed by atoms with Crippen LogP contribution in [0.1, 0.15) is 0 Å². The van der Waals surface area contributed by atoms with Crippen molar-refractivity contribution < 1.29 is 4.42 Å². The molecule has 238 valence electrons. The first-order chi connectivity index (χ1) is 25.3. The summed E-state index contributed by atoms with van der Waals surface area (Å²) in [7, 11) is 0. The average Bonchev–Trinajstić information content (AvgIpc) is 3.88. The van der Waals surface area contributed by atoms with Crippen LogP contribution < -0.4 is 0 Å². The van der Waals surface area contributed by atoms with E-state index in [9.17, 15) is 0 Å². The van der Waals surface area contributed by atoms with Gasteiger partial charge in [-0.1, -0.05) is 127 Å². The zero-order chi connectivity index (χ0) is 33.5. The third-order valence-corrected chi connectivity index (χ3v) is 11.0. The first-order valence-electron chi connectivity index (χ1n) is 17.0. The molecule has 5 nitrogen and oxygen atoms in total. The van der Waals surface area contributed by atoms with Crippen LogP contribution in [0.3, 0.4) is 0 Å². The van der Waals surface area contributed by atoms with Gasteiger partial charge in [0.05, 0.1) is 11.0 Å². The number of benzene rings is 7. The van der Waals surface area contributed by atoms with Crippen LogP contribution in [-0.2, 0) is 0 Å². The van der Waals surface area contributed by atoms with Crippen LogP contribution in [-0.4, -0.2) is 19.5 Å².